The molecule has 0 radical (unpaired) electrons. The lowest BCUT2D eigenvalue weighted by molar-refractivity contribution is -0.119. The minimum atomic E-state index is -0.368. The molecule has 0 saturated heterocycles. The van der Waals surface area contributed by atoms with Crippen LogP contribution >= 0.6 is 0 Å². The van der Waals surface area contributed by atoms with Crippen molar-refractivity contribution < 1.29 is 9.18 Å². The van der Waals surface area contributed by atoms with E-state index in [0.717, 1.165) is 0 Å². The SMILES string of the molecule is O=C(CN(C1CCCCC1)C1CCCCC1)Nc1ccccc1F. The second-order valence-corrected chi connectivity index (χ2v) is 7.28. The largest absolute Gasteiger partial charge is 0.322 e. The Labute approximate surface area is 144 Å². The summed E-state index contributed by atoms with van der Waals surface area (Å²) in [6.07, 6.45) is 12.5. The fourth-order valence-electron chi connectivity index (χ4n) is 4.30. The van der Waals surface area contributed by atoms with Gasteiger partial charge in [-0.1, -0.05) is 50.7 Å². The van der Waals surface area contributed by atoms with E-state index in [-0.39, 0.29) is 17.4 Å². The van der Waals surface area contributed by atoms with Gasteiger partial charge in [0.05, 0.1) is 12.2 Å². The molecule has 4 heteroatoms. The summed E-state index contributed by atoms with van der Waals surface area (Å²) < 4.78 is 13.8. The molecular weight excluding hydrogens is 303 g/mol. The van der Waals surface area contributed by atoms with Gasteiger partial charge in [0.2, 0.25) is 5.91 Å². The van der Waals surface area contributed by atoms with E-state index in [4.69, 9.17) is 0 Å². The van der Waals surface area contributed by atoms with Crippen molar-refractivity contribution in [2.75, 3.05) is 11.9 Å². The molecule has 0 bridgehead atoms. The number of hydrogen-bond acceptors (Lipinski definition) is 2. The first kappa shape index (κ1) is 17.4. The third-order valence-electron chi connectivity index (χ3n) is 5.56. The third kappa shape index (κ3) is 4.56. The maximum atomic E-state index is 13.8. The second kappa shape index (κ2) is 8.61. The lowest BCUT2D eigenvalue weighted by Crippen LogP contribution is -2.48. The molecule has 0 aromatic heterocycles. The average Bonchev–Trinajstić information content (AvgIpc) is 2.63. The van der Waals surface area contributed by atoms with Gasteiger partial charge in [0.25, 0.3) is 0 Å². The van der Waals surface area contributed by atoms with Gasteiger partial charge in [-0.2, -0.15) is 0 Å². The van der Waals surface area contributed by atoms with Crippen molar-refractivity contribution in [3.05, 3.63) is 30.1 Å². The van der Waals surface area contributed by atoms with Crippen LogP contribution in [-0.2, 0) is 4.79 Å². The fourth-order valence-corrected chi connectivity index (χ4v) is 4.30. The Hall–Kier alpha value is -1.42. The molecule has 2 aliphatic rings. The predicted molar refractivity (Wildman–Crippen MR) is 95.5 cm³/mol. The van der Waals surface area contributed by atoms with Crippen molar-refractivity contribution >= 4 is 11.6 Å². The fraction of sp³-hybridized carbons (Fsp3) is 0.650. The number of para-hydroxylation sites is 1. The van der Waals surface area contributed by atoms with E-state index >= 15 is 0 Å². The van der Waals surface area contributed by atoms with Crippen molar-refractivity contribution in [1.29, 1.82) is 0 Å². The summed E-state index contributed by atoms with van der Waals surface area (Å²) in [4.78, 5) is 15.0. The van der Waals surface area contributed by atoms with Crippen molar-refractivity contribution in [1.82, 2.24) is 4.90 Å². The summed E-state index contributed by atoms with van der Waals surface area (Å²) >= 11 is 0. The van der Waals surface area contributed by atoms with Gasteiger partial charge in [0.1, 0.15) is 5.82 Å². The van der Waals surface area contributed by atoms with Gasteiger partial charge in [-0.05, 0) is 37.8 Å². The summed E-state index contributed by atoms with van der Waals surface area (Å²) in [6, 6.07) is 7.44. The summed E-state index contributed by atoms with van der Waals surface area (Å²) in [5, 5.41) is 2.76. The normalized spacial score (nSPS) is 20.2. The molecule has 1 aromatic carbocycles. The van der Waals surface area contributed by atoms with Crippen molar-refractivity contribution in [2.24, 2.45) is 0 Å². The first-order valence-corrected chi connectivity index (χ1v) is 9.54. The van der Waals surface area contributed by atoms with E-state index in [0.29, 0.717) is 18.6 Å². The van der Waals surface area contributed by atoms with E-state index in [1.165, 1.54) is 70.3 Å². The highest BCUT2D eigenvalue weighted by molar-refractivity contribution is 5.92. The number of carbonyl (C=O) groups is 1. The van der Waals surface area contributed by atoms with Crippen molar-refractivity contribution in [2.45, 2.75) is 76.3 Å². The van der Waals surface area contributed by atoms with Crippen LogP contribution in [0.5, 0.6) is 0 Å². The van der Waals surface area contributed by atoms with Crippen LogP contribution in [0.2, 0.25) is 0 Å². The van der Waals surface area contributed by atoms with Crippen LogP contribution in [0.15, 0.2) is 24.3 Å². The summed E-state index contributed by atoms with van der Waals surface area (Å²) in [5.74, 6) is -0.455. The molecule has 2 saturated carbocycles. The number of nitrogens with zero attached hydrogens (tertiary/aromatic N) is 1. The number of nitrogens with one attached hydrogen (secondary N) is 1. The van der Waals surface area contributed by atoms with Gasteiger partial charge in [-0.3, -0.25) is 9.69 Å². The summed E-state index contributed by atoms with van der Waals surface area (Å²) in [7, 11) is 0. The maximum absolute atomic E-state index is 13.8. The third-order valence-corrected chi connectivity index (χ3v) is 5.56. The van der Waals surface area contributed by atoms with E-state index in [1.807, 2.05) is 0 Å². The minimum absolute atomic E-state index is 0.0868. The Kier molecular flexibility index (Phi) is 6.24. The van der Waals surface area contributed by atoms with Crippen molar-refractivity contribution in [3.8, 4) is 0 Å². The highest BCUT2D eigenvalue weighted by Crippen LogP contribution is 2.30. The van der Waals surface area contributed by atoms with Gasteiger partial charge >= 0.3 is 0 Å². The summed E-state index contributed by atoms with van der Waals surface area (Å²) in [6.45, 7) is 0.393. The van der Waals surface area contributed by atoms with Crippen LogP contribution in [0, 0.1) is 5.82 Å². The lowest BCUT2D eigenvalue weighted by Gasteiger charge is -2.41. The molecule has 2 aliphatic carbocycles. The first-order valence-electron chi connectivity index (χ1n) is 9.54. The monoisotopic (exact) mass is 332 g/mol. The number of hydrogen-bond donors (Lipinski definition) is 1. The van der Waals surface area contributed by atoms with E-state index in [9.17, 15) is 9.18 Å². The Balaban J connectivity index is 1.65. The molecule has 2 fully saturated rings. The van der Waals surface area contributed by atoms with Gasteiger partial charge in [-0.15, -0.1) is 0 Å². The van der Waals surface area contributed by atoms with Crippen LogP contribution in [-0.4, -0.2) is 29.4 Å². The van der Waals surface area contributed by atoms with Gasteiger partial charge in [-0.25, -0.2) is 4.39 Å². The van der Waals surface area contributed by atoms with Gasteiger partial charge in [0.15, 0.2) is 0 Å². The molecule has 132 valence electrons. The quantitative estimate of drug-likeness (QED) is 0.845. The topological polar surface area (TPSA) is 32.3 Å². The van der Waals surface area contributed by atoms with Crippen LogP contribution in [0.3, 0.4) is 0 Å². The number of amides is 1. The molecule has 1 amide bonds. The van der Waals surface area contributed by atoms with Crippen molar-refractivity contribution in [3.63, 3.8) is 0 Å². The molecule has 0 spiro atoms. The molecular formula is C20H29FN2O. The first-order chi connectivity index (χ1) is 11.7. The molecule has 0 unspecified atom stereocenters. The minimum Gasteiger partial charge on any atom is -0.322 e. The Morgan fingerprint density at radius 1 is 0.958 bits per heavy atom. The van der Waals surface area contributed by atoms with Gasteiger partial charge in [0, 0.05) is 12.1 Å². The highest BCUT2D eigenvalue weighted by Gasteiger charge is 2.30. The summed E-state index contributed by atoms with van der Waals surface area (Å²) in [5.41, 5.74) is 0.287. The zero-order valence-electron chi connectivity index (χ0n) is 14.5. The lowest BCUT2D eigenvalue weighted by atomic mass is 9.88. The van der Waals surface area contributed by atoms with Crippen LogP contribution in [0.1, 0.15) is 64.2 Å². The smallest absolute Gasteiger partial charge is 0.238 e. The number of anilines is 1. The molecule has 1 aromatic rings. The molecule has 0 aliphatic heterocycles. The average molecular weight is 332 g/mol. The van der Waals surface area contributed by atoms with E-state index in [2.05, 4.69) is 10.2 Å². The zero-order valence-corrected chi connectivity index (χ0v) is 14.5. The molecule has 0 atom stereocenters. The maximum Gasteiger partial charge on any atom is 0.238 e. The van der Waals surface area contributed by atoms with Crippen LogP contribution in [0.25, 0.3) is 0 Å². The molecule has 3 rings (SSSR count). The zero-order chi connectivity index (χ0) is 16.8. The molecule has 3 nitrogen and oxygen atoms in total. The molecule has 1 N–H and O–H groups in total. The Morgan fingerprint density at radius 2 is 1.50 bits per heavy atom. The Morgan fingerprint density at radius 3 is 2.04 bits per heavy atom. The standard InChI is InChI=1S/C20H29FN2O/c21-18-13-7-8-14-19(18)22-20(24)15-23(16-9-3-1-4-10-16)17-11-5-2-6-12-17/h7-8,13-14,16-17H,1-6,9-12,15H2,(H,22,24). The predicted octanol–water partition coefficient (Wildman–Crippen LogP) is 4.73. The van der Waals surface area contributed by atoms with Crippen LogP contribution in [0.4, 0.5) is 10.1 Å². The number of carbonyl (C=O) groups excluding carboxylic acids is 1. The number of rotatable bonds is 5. The van der Waals surface area contributed by atoms with E-state index in [1.54, 1.807) is 18.2 Å². The highest BCUT2D eigenvalue weighted by atomic mass is 19.1. The Bertz CT molecular complexity index is 518. The van der Waals surface area contributed by atoms with Gasteiger partial charge < -0.3 is 5.32 Å². The number of benzene rings is 1. The van der Waals surface area contributed by atoms with E-state index < -0.39 is 0 Å². The molecule has 0 heterocycles. The number of halogens is 1. The molecule has 24 heavy (non-hydrogen) atoms. The second-order valence-electron chi connectivity index (χ2n) is 7.28. The van der Waals surface area contributed by atoms with Crippen LogP contribution < -0.4 is 5.32 Å².